The van der Waals surface area contributed by atoms with Crippen LogP contribution >= 0.6 is 0 Å². The number of fused-ring (bicyclic) bond motifs is 1. The Balaban J connectivity index is 1.27. The molecule has 7 heteroatoms. The second kappa shape index (κ2) is 10.1. The number of para-hydroxylation sites is 1. The molecule has 3 aromatic rings. The van der Waals surface area contributed by atoms with Crippen molar-refractivity contribution in [2.75, 3.05) is 38.0 Å². The van der Waals surface area contributed by atoms with Crippen LogP contribution in [-0.4, -0.2) is 43.8 Å². The van der Waals surface area contributed by atoms with E-state index in [2.05, 4.69) is 16.7 Å². The lowest BCUT2D eigenvalue weighted by atomic mass is 9.86. The van der Waals surface area contributed by atoms with Gasteiger partial charge in [-0.1, -0.05) is 18.2 Å². The van der Waals surface area contributed by atoms with Gasteiger partial charge in [-0.05, 0) is 68.0 Å². The Labute approximate surface area is 189 Å². The van der Waals surface area contributed by atoms with Crippen LogP contribution in [0.2, 0.25) is 0 Å². The van der Waals surface area contributed by atoms with E-state index in [1.54, 1.807) is 6.07 Å². The molecule has 1 aliphatic carbocycles. The molecule has 0 saturated heterocycles. The maximum atomic E-state index is 13.8. The van der Waals surface area contributed by atoms with Gasteiger partial charge in [-0.25, -0.2) is 9.37 Å². The monoisotopic (exact) mass is 437 g/mol. The molecule has 2 N–H and O–H groups in total. The Morgan fingerprint density at radius 1 is 1.06 bits per heavy atom. The van der Waals surface area contributed by atoms with Crippen LogP contribution in [0.15, 0.2) is 42.5 Å². The van der Waals surface area contributed by atoms with Gasteiger partial charge in [0.15, 0.2) is 11.6 Å². The normalized spacial score (nSPS) is 18.5. The topological polar surface area (TPSA) is 62.3 Å². The molecule has 2 aromatic carbocycles. The molecule has 32 heavy (non-hydrogen) atoms. The third kappa shape index (κ3) is 5.27. The SMILES string of the molecule is COc1ccc(CNC[C@H]2CC[C@@H](Nc3nc(N(C)C)c4ccccc4n3)CC2)cc1F. The Bertz CT molecular complexity index is 1050. The molecule has 0 atom stereocenters. The van der Waals surface area contributed by atoms with E-state index in [1.165, 1.54) is 13.2 Å². The fourth-order valence-corrected chi connectivity index (χ4v) is 4.40. The summed E-state index contributed by atoms with van der Waals surface area (Å²) in [6, 6.07) is 13.6. The molecule has 0 bridgehead atoms. The minimum atomic E-state index is -0.313. The standard InChI is InChI=1S/C25H32FN5O/c1-31(2)24-20-6-4-5-7-22(20)29-25(30-24)28-19-11-8-17(9-12-19)15-27-16-18-10-13-23(32-3)21(26)14-18/h4-7,10,13-14,17,19,27H,8-9,11-12,15-16H2,1-3H3,(H,28,29,30)/t17-,19+. The molecule has 6 nitrogen and oxygen atoms in total. The fourth-order valence-electron chi connectivity index (χ4n) is 4.40. The van der Waals surface area contributed by atoms with Crippen molar-refractivity contribution in [2.24, 2.45) is 5.92 Å². The largest absolute Gasteiger partial charge is 0.494 e. The van der Waals surface area contributed by atoms with Crippen LogP contribution in [0.5, 0.6) is 5.75 Å². The second-order valence-corrected chi connectivity index (χ2v) is 8.74. The van der Waals surface area contributed by atoms with Crippen molar-refractivity contribution in [3.8, 4) is 5.75 Å². The van der Waals surface area contributed by atoms with Crippen molar-refractivity contribution < 1.29 is 9.13 Å². The number of rotatable bonds is 8. The van der Waals surface area contributed by atoms with E-state index < -0.39 is 0 Å². The van der Waals surface area contributed by atoms with Gasteiger partial charge in [-0.3, -0.25) is 0 Å². The molecule has 0 amide bonds. The number of aromatic nitrogens is 2. The van der Waals surface area contributed by atoms with Crippen LogP contribution in [0, 0.1) is 11.7 Å². The summed E-state index contributed by atoms with van der Waals surface area (Å²) >= 11 is 0. The average Bonchev–Trinajstić information content (AvgIpc) is 2.80. The number of halogens is 1. The Morgan fingerprint density at radius 3 is 2.56 bits per heavy atom. The number of hydrogen-bond acceptors (Lipinski definition) is 6. The lowest BCUT2D eigenvalue weighted by Crippen LogP contribution is -2.31. The summed E-state index contributed by atoms with van der Waals surface area (Å²) in [7, 11) is 5.50. The summed E-state index contributed by atoms with van der Waals surface area (Å²) in [5, 5.41) is 8.11. The van der Waals surface area contributed by atoms with Gasteiger partial charge in [0.2, 0.25) is 5.95 Å². The lowest BCUT2D eigenvalue weighted by molar-refractivity contribution is 0.323. The Hall–Kier alpha value is -2.93. The van der Waals surface area contributed by atoms with Gasteiger partial charge in [0.25, 0.3) is 0 Å². The van der Waals surface area contributed by atoms with Crippen LogP contribution in [0.4, 0.5) is 16.2 Å². The van der Waals surface area contributed by atoms with Crippen molar-refractivity contribution in [3.63, 3.8) is 0 Å². The number of anilines is 2. The van der Waals surface area contributed by atoms with Crippen LogP contribution in [0.1, 0.15) is 31.2 Å². The van der Waals surface area contributed by atoms with Crippen molar-refractivity contribution >= 4 is 22.7 Å². The van der Waals surface area contributed by atoms with Crippen LogP contribution in [0.25, 0.3) is 10.9 Å². The minimum absolute atomic E-state index is 0.285. The minimum Gasteiger partial charge on any atom is -0.494 e. The van der Waals surface area contributed by atoms with E-state index in [1.807, 2.05) is 43.3 Å². The first-order chi connectivity index (χ1) is 15.5. The highest BCUT2D eigenvalue weighted by atomic mass is 19.1. The molecule has 0 radical (unpaired) electrons. The van der Waals surface area contributed by atoms with Crippen LogP contribution < -0.4 is 20.3 Å². The predicted octanol–water partition coefficient (Wildman–Crippen LogP) is 4.60. The molecular weight excluding hydrogens is 405 g/mol. The highest BCUT2D eigenvalue weighted by molar-refractivity contribution is 5.90. The summed E-state index contributed by atoms with van der Waals surface area (Å²) in [4.78, 5) is 11.5. The molecular formula is C25H32FN5O. The highest BCUT2D eigenvalue weighted by Gasteiger charge is 2.22. The molecule has 1 heterocycles. The number of hydrogen-bond donors (Lipinski definition) is 2. The lowest BCUT2D eigenvalue weighted by Gasteiger charge is -2.29. The third-order valence-electron chi connectivity index (χ3n) is 6.17. The molecule has 4 rings (SSSR count). The van der Waals surface area contributed by atoms with E-state index in [4.69, 9.17) is 14.7 Å². The van der Waals surface area contributed by atoms with Gasteiger partial charge in [-0.2, -0.15) is 4.98 Å². The molecule has 0 unspecified atom stereocenters. The maximum Gasteiger partial charge on any atom is 0.225 e. The number of methoxy groups -OCH3 is 1. The van der Waals surface area contributed by atoms with Gasteiger partial charge in [0.05, 0.1) is 12.6 Å². The first-order valence-corrected chi connectivity index (χ1v) is 11.3. The Morgan fingerprint density at radius 2 is 1.84 bits per heavy atom. The van der Waals surface area contributed by atoms with Gasteiger partial charge in [-0.15, -0.1) is 0 Å². The molecule has 0 aliphatic heterocycles. The quantitative estimate of drug-likeness (QED) is 0.537. The van der Waals surface area contributed by atoms with Crippen molar-refractivity contribution in [1.82, 2.24) is 15.3 Å². The van der Waals surface area contributed by atoms with Crippen molar-refractivity contribution in [1.29, 1.82) is 0 Å². The fraction of sp³-hybridized carbons (Fsp3) is 0.440. The number of benzene rings is 2. The first kappa shape index (κ1) is 22.3. The molecule has 170 valence electrons. The molecule has 1 fully saturated rings. The van der Waals surface area contributed by atoms with Gasteiger partial charge in [0, 0.05) is 32.1 Å². The number of ether oxygens (including phenoxy) is 1. The summed E-state index contributed by atoms with van der Waals surface area (Å²) in [5.74, 6) is 2.24. The second-order valence-electron chi connectivity index (χ2n) is 8.74. The van der Waals surface area contributed by atoms with E-state index in [9.17, 15) is 4.39 Å². The van der Waals surface area contributed by atoms with E-state index >= 15 is 0 Å². The number of nitrogens with one attached hydrogen (secondary N) is 2. The summed E-state index contributed by atoms with van der Waals surface area (Å²) < 4.78 is 18.8. The molecule has 0 spiro atoms. The third-order valence-corrected chi connectivity index (χ3v) is 6.17. The van der Waals surface area contributed by atoms with E-state index in [-0.39, 0.29) is 11.6 Å². The zero-order valence-corrected chi connectivity index (χ0v) is 19.1. The van der Waals surface area contributed by atoms with E-state index in [0.717, 1.165) is 54.5 Å². The van der Waals surface area contributed by atoms with Gasteiger partial charge in [0.1, 0.15) is 5.82 Å². The first-order valence-electron chi connectivity index (χ1n) is 11.3. The van der Waals surface area contributed by atoms with Crippen molar-refractivity contribution in [2.45, 2.75) is 38.3 Å². The van der Waals surface area contributed by atoms with Crippen molar-refractivity contribution in [3.05, 3.63) is 53.8 Å². The smallest absolute Gasteiger partial charge is 0.225 e. The van der Waals surface area contributed by atoms with Gasteiger partial charge < -0.3 is 20.3 Å². The van der Waals surface area contributed by atoms with E-state index in [0.29, 0.717) is 24.5 Å². The van der Waals surface area contributed by atoms with Crippen LogP contribution in [-0.2, 0) is 6.54 Å². The summed E-state index contributed by atoms with van der Waals surface area (Å²) in [6.07, 6.45) is 4.49. The average molecular weight is 438 g/mol. The number of nitrogens with zero attached hydrogens (tertiary/aromatic N) is 3. The molecule has 1 aliphatic rings. The van der Waals surface area contributed by atoms with Crippen LogP contribution in [0.3, 0.4) is 0 Å². The van der Waals surface area contributed by atoms with Gasteiger partial charge >= 0.3 is 0 Å². The summed E-state index contributed by atoms with van der Waals surface area (Å²) in [5.41, 5.74) is 1.89. The molecule has 1 saturated carbocycles. The zero-order valence-electron chi connectivity index (χ0n) is 19.1. The highest BCUT2D eigenvalue weighted by Crippen LogP contribution is 2.28. The molecule has 1 aromatic heterocycles. The summed E-state index contributed by atoms with van der Waals surface area (Å²) in [6.45, 7) is 1.61. The maximum absolute atomic E-state index is 13.8. The Kier molecular flexibility index (Phi) is 7.05. The predicted molar refractivity (Wildman–Crippen MR) is 128 cm³/mol. The zero-order chi connectivity index (χ0) is 22.5.